The highest BCUT2D eigenvalue weighted by molar-refractivity contribution is 5.94. The Morgan fingerprint density at radius 2 is 1.93 bits per heavy atom. The predicted molar refractivity (Wildman–Crippen MR) is 113 cm³/mol. The van der Waals surface area contributed by atoms with Crippen LogP contribution in [0.15, 0.2) is 48.5 Å². The van der Waals surface area contributed by atoms with Crippen LogP contribution in [0.25, 0.3) is 11.1 Å². The van der Waals surface area contributed by atoms with Gasteiger partial charge >= 0.3 is 0 Å². The first-order valence-electron chi connectivity index (χ1n) is 9.87. The maximum atomic E-state index is 13.1. The smallest absolute Gasteiger partial charge is 0.274 e. The number of methoxy groups -OCH3 is 1. The minimum atomic E-state index is -0.0712. The fourth-order valence-corrected chi connectivity index (χ4v) is 3.79. The molecule has 0 bridgehead atoms. The molecule has 0 saturated carbocycles. The van der Waals surface area contributed by atoms with Gasteiger partial charge in [-0.1, -0.05) is 42.5 Å². The van der Waals surface area contributed by atoms with Crippen LogP contribution in [0.4, 0.5) is 0 Å². The van der Waals surface area contributed by atoms with E-state index in [4.69, 9.17) is 4.74 Å². The molecule has 6 nitrogen and oxygen atoms in total. The molecule has 3 aromatic rings. The summed E-state index contributed by atoms with van der Waals surface area (Å²) >= 11 is 0. The first kappa shape index (κ1) is 19.2. The number of aromatic nitrogens is 2. The second kappa shape index (κ2) is 8.09. The molecule has 1 aliphatic rings. The molecule has 1 aromatic heterocycles. The van der Waals surface area contributed by atoms with Gasteiger partial charge in [0.05, 0.1) is 13.2 Å². The number of nitrogens with zero attached hydrogens (tertiary/aromatic N) is 2. The lowest BCUT2D eigenvalue weighted by atomic mass is 9.99. The number of carbonyl (C=O) groups is 1. The van der Waals surface area contributed by atoms with Crippen molar-refractivity contribution in [2.75, 3.05) is 20.7 Å². The number of nitrogens with one attached hydrogen (secondary N) is 2. The molecule has 0 aliphatic carbocycles. The van der Waals surface area contributed by atoms with Gasteiger partial charge in [0.1, 0.15) is 5.75 Å². The monoisotopic (exact) mass is 390 g/mol. The molecule has 150 valence electrons. The van der Waals surface area contributed by atoms with Crippen molar-refractivity contribution in [3.63, 3.8) is 0 Å². The second-order valence-electron chi connectivity index (χ2n) is 7.37. The zero-order valence-electron chi connectivity index (χ0n) is 17.0. The average Bonchev–Trinajstić information content (AvgIpc) is 3.22. The van der Waals surface area contributed by atoms with Crippen molar-refractivity contribution < 1.29 is 9.53 Å². The van der Waals surface area contributed by atoms with Crippen LogP contribution in [0.1, 0.15) is 40.3 Å². The Morgan fingerprint density at radius 3 is 2.69 bits per heavy atom. The molecular formula is C23H26N4O2. The van der Waals surface area contributed by atoms with E-state index in [1.54, 1.807) is 12.0 Å². The van der Waals surface area contributed by atoms with Crippen LogP contribution in [0, 0.1) is 0 Å². The minimum Gasteiger partial charge on any atom is -0.496 e. The van der Waals surface area contributed by atoms with Crippen LogP contribution >= 0.6 is 0 Å². The summed E-state index contributed by atoms with van der Waals surface area (Å²) in [7, 11) is 3.51. The maximum Gasteiger partial charge on any atom is 0.274 e. The molecular weight excluding hydrogens is 364 g/mol. The molecule has 2 aromatic carbocycles. The summed E-state index contributed by atoms with van der Waals surface area (Å²) < 4.78 is 5.47. The Balaban J connectivity index is 1.54. The zero-order valence-corrected chi connectivity index (χ0v) is 17.0. The van der Waals surface area contributed by atoms with Crippen molar-refractivity contribution >= 4 is 5.91 Å². The van der Waals surface area contributed by atoms with Gasteiger partial charge in [0.15, 0.2) is 5.69 Å². The summed E-state index contributed by atoms with van der Waals surface area (Å²) in [5, 5.41) is 10.6. The Morgan fingerprint density at radius 1 is 1.17 bits per heavy atom. The number of H-pyrrole nitrogens is 1. The Kier molecular flexibility index (Phi) is 5.36. The van der Waals surface area contributed by atoms with Gasteiger partial charge in [-0.05, 0) is 24.1 Å². The minimum absolute atomic E-state index is 0.0625. The first-order chi connectivity index (χ1) is 14.1. The summed E-state index contributed by atoms with van der Waals surface area (Å²) in [6.07, 6.45) is 0.874. The predicted octanol–water partition coefficient (Wildman–Crippen LogP) is 3.56. The van der Waals surface area contributed by atoms with E-state index >= 15 is 0 Å². The second-order valence-corrected chi connectivity index (χ2v) is 7.37. The van der Waals surface area contributed by atoms with Crippen molar-refractivity contribution in [2.24, 2.45) is 0 Å². The Labute approximate surface area is 170 Å². The molecule has 1 atom stereocenters. The molecule has 0 spiro atoms. The van der Waals surface area contributed by atoms with Crippen LogP contribution in [0.5, 0.6) is 5.75 Å². The SMILES string of the molecule is COc1ccccc1-c1ccc(C(C)N(C)C(=O)c2n[nH]c3c2CNCC3)cc1. The van der Waals surface area contributed by atoms with Crippen molar-refractivity contribution in [3.05, 3.63) is 71.0 Å². The summed E-state index contributed by atoms with van der Waals surface area (Å²) in [5.74, 6) is 0.782. The fourth-order valence-electron chi connectivity index (χ4n) is 3.79. The van der Waals surface area contributed by atoms with E-state index < -0.39 is 0 Å². The van der Waals surface area contributed by atoms with Crippen molar-refractivity contribution in [3.8, 4) is 16.9 Å². The largest absolute Gasteiger partial charge is 0.496 e. The van der Waals surface area contributed by atoms with Gasteiger partial charge in [0.25, 0.3) is 5.91 Å². The van der Waals surface area contributed by atoms with E-state index in [0.717, 1.165) is 46.7 Å². The van der Waals surface area contributed by atoms with E-state index in [0.29, 0.717) is 12.2 Å². The number of benzene rings is 2. The summed E-state index contributed by atoms with van der Waals surface area (Å²) in [6.45, 7) is 3.63. The number of aromatic amines is 1. The van der Waals surface area contributed by atoms with Crippen LogP contribution < -0.4 is 10.1 Å². The number of rotatable bonds is 5. The molecule has 0 radical (unpaired) electrons. The van der Waals surface area contributed by atoms with Gasteiger partial charge in [-0.3, -0.25) is 9.89 Å². The number of carbonyl (C=O) groups excluding carboxylic acids is 1. The van der Waals surface area contributed by atoms with E-state index in [9.17, 15) is 4.79 Å². The normalized spacial score (nSPS) is 14.2. The lowest BCUT2D eigenvalue weighted by Crippen LogP contribution is -2.32. The molecule has 0 fully saturated rings. The topological polar surface area (TPSA) is 70.2 Å². The number of ether oxygens (including phenoxy) is 1. The third-order valence-corrected chi connectivity index (χ3v) is 5.72. The van der Waals surface area contributed by atoms with Gasteiger partial charge in [0.2, 0.25) is 0 Å². The van der Waals surface area contributed by atoms with Gasteiger partial charge < -0.3 is 15.0 Å². The number of fused-ring (bicyclic) bond motifs is 1. The lowest BCUT2D eigenvalue weighted by molar-refractivity contribution is 0.0735. The molecule has 1 unspecified atom stereocenters. The molecule has 6 heteroatoms. The van der Waals surface area contributed by atoms with Crippen molar-refractivity contribution in [1.82, 2.24) is 20.4 Å². The van der Waals surface area contributed by atoms with Gasteiger partial charge in [0, 0.05) is 43.4 Å². The standard InChI is InChI=1S/C23H26N4O2/c1-15(27(2)23(28)22-19-14-24-13-12-20(19)25-26-22)16-8-10-17(11-9-16)18-6-4-5-7-21(18)29-3/h4-11,15,24H,12-14H2,1-3H3,(H,25,26). The zero-order chi connectivity index (χ0) is 20.4. The van der Waals surface area contributed by atoms with Gasteiger partial charge in [-0.2, -0.15) is 5.10 Å². The van der Waals surface area contributed by atoms with E-state index in [1.165, 1.54) is 0 Å². The molecule has 29 heavy (non-hydrogen) atoms. The fraction of sp³-hybridized carbons (Fsp3) is 0.304. The van der Waals surface area contributed by atoms with E-state index in [2.05, 4.69) is 39.8 Å². The number of para-hydroxylation sites is 1. The molecule has 2 heterocycles. The van der Waals surface area contributed by atoms with Crippen LogP contribution in [-0.2, 0) is 13.0 Å². The summed E-state index contributed by atoms with van der Waals surface area (Å²) in [5.41, 5.74) is 5.78. The third-order valence-electron chi connectivity index (χ3n) is 5.72. The summed E-state index contributed by atoms with van der Waals surface area (Å²) in [6, 6.07) is 16.2. The molecule has 1 aliphatic heterocycles. The van der Waals surface area contributed by atoms with E-state index in [-0.39, 0.29) is 11.9 Å². The molecule has 4 rings (SSSR count). The highest BCUT2D eigenvalue weighted by Crippen LogP contribution is 2.31. The van der Waals surface area contributed by atoms with Crippen molar-refractivity contribution in [1.29, 1.82) is 0 Å². The highest BCUT2D eigenvalue weighted by Gasteiger charge is 2.26. The number of amides is 1. The third kappa shape index (κ3) is 3.63. The van der Waals surface area contributed by atoms with Gasteiger partial charge in [-0.25, -0.2) is 0 Å². The first-order valence-corrected chi connectivity index (χ1v) is 9.87. The quantitative estimate of drug-likeness (QED) is 0.699. The number of hydrogen-bond acceptors (Lipinski definition) is 4. The maximum absolute atomic E-state index is 13.1. The molecule has 0 saturated heterocycles. The lowest BCUT2D eigenvalue weighted by Gasteiger charge is -2.25. The Bertz CT molecular complexity index is 1010. The molecule has 1 amide bonds. The average molecular weight is 390 g/mol. The van der Waals surface area contributed by atoms with E-state index in [1.807, 2.05) is 38.2 Å². The number of hydrogen-bond donors (Lipinski definition) is 2. The van der Waals surface area contributed by atoms with Crippen LogP contribution in [0.3, 0.4) is 0 Å². The molecule has 2 N–H and O–H groups in total. The highest BCUT2D eigenvalue weighted by atomic mass is 16.5. The Hall–Kier alpha value is -3.12. The van der Waals surface area contributed by atoms with Crippen molar-refractivity contribution in [2.45, 2.75) is 25.9 Å². The van der Waals surface area contributed by atoms with Crippen LogP contribution in [0.2, 0.25) is 0 Å². The summed E-state index contributed by atoms with van der Waals surface area (Å²) in [4.78, 5) is 14.8. The van der Waals surface area contributed by atoms with Crippen LogP contribution in [-0.4, -0.2) is 41.7 Å². The van der Waals surface area contributed by atoms with Gasteiger partial charge in [-0.15, -0.1) is 0 Å².